The van der Waals surface area contributed by atoms with E-state index in [4.69, 9.17) is 0 Å². The van der Waals surface area contributed by atoms with Gasteiger partial charge in [-0.1, -0.05) is 23.4 Å². The number of hydrogen-bond donors (Lipinski definition) is 1. The highest BCUT2D eigenvalue weighted by atomic mass is 79.9. The average Bonchev–Trinajstić information content (AvgIpc) is 3.42. The van der Waals surface area contributed by atoms with Crippen LogP contribution in [0.3, 0.4) is 0 Å². The van der Waals surface area contributed by atoms with Crippen LogP contribution in [0.1, 0.15) is 16.2 Å². The Kier molecular flexibility index (Phi) is 5.94. The Labute approximate surface area is 190 Å². The predicted molar refractivity (Wildman–Crippen MR) is 119 cm³/mol. The molecule has 0 aliphatic rings. The lowest BCUT2D eigenvalue weighted by Gasteiger charge is -2.01. The van der Waals surface area contributed by atoms with Crippen molar-refractivity contribution in [2.75, 3.05) is 6.26 Å². The molecule has 9 nitrogen and oxygen atoms in total. The summed E-state index contributed by atoms with van der Waals surface area (Å²) in [7, 11) is -3.26. The third-order valence-electron chi connectivity index (χ3n) is 4.17. The van der Waals surface area contributed by atoms with Gasteiger partial charge in [-0.15, -0.1) is 16.4 Å². The molecule has 1 aromatic carbocycles. The minimum atomic E-state index is -3.26. The van der Waals surface area contributed by atoms with Crippen molar-refractivity contribution in [2.24, 2.45) is 0 Å². The molecule has 1 N–H and O–H groups in total. The first-order chi connectivity index (χ1) is 14.8. The fourth-order valence-electron chi connectivity index (χ4n) is 2.63. The summed E-state index contributed by atoms with van der Waals surface area (Å²) in [5, 5.41) is 13.1. The van der Waals surface area contributed by atoms with Gasteiger partial charge in [0, 0.05) is 17.2 Å². The number of carbonyl (C=O) groups excluding carboxylic acids is 1. The molecular formula is C19H15BrN6O3S2. The summed E-state index contributed by atoms with van der Waals surface area (Å²) < 4.78 is 25.4. The zero-order valence-corrected chi connectivity index (χ0v) is 19.3. The fourth-order valence-corrected chi connectivity index (χ4v) is 4.40. The highest BCUT2D eigenvalue weighted by Crippen LogP contribution is 2.25. The van der Waals surface area contributed by atoms with Crippen molar-refractivity contribution in [1.29, 1.82) is 0 Å². The Morgan fingerprint density at radius 3 is 2.65 bits per heavy atom. The Morgan fingerprint density at radius 2 is 1.94 bits per heavy atom. The number of carbonyl (C=O) groups is 1. The maximum atomic E-state index is 12.4. The summed E-state index contributed by atoms with van der Waals surface area (Å²) in [6.07, 6.45) is 2.84. The molecule has 0 aliphatic heterocycles. The van der Waals surface area contributed by atoms with Crippen LogP contribution in [-0.2, 0) is 16.4 Å². The van der Waals surface area contributed by atoms with Crippen LogP contribution in [0.15, 0.2) is 63.5 Å². The first-order valence-corrected chi connectivity index (χ1v) is 12.4. The van der Waals surface area contributed by atoms with E-state index in [1.807, 2.05) is 12.1 Å². The van der Waals surface area contributed by atoms with E-state index in [0.29, 0.717) is 21.1 Å². The van der Waals surface area contributed by atoms with E-state index in [2.05, 4.69) is 41.5 Å². The van der Waals surface area contributed by atoms with Crippen LogP contribution in [0.5, 0.6) is 0 Å². The van der Waals surface area contributed by atoms with Gasteiger partial charge in [0.05, 0.1) is 17.6 Å². The van der Waals surface area contributed by atoms with Crippen molar-refractivity contribution < 1.29 is 13.2 Å². The smallest absolute Gasteiger partial charge is 0.271 e. The Bertz CT molecular complexity index is 1350. The van der Waals surface area contributed by atoms with Gasteiger partial charge in [0.25, 0.3) is 5.91 Å². The number of benzene rings is 1. The number of hydrogen-bond acceptors (Lipinski definition) is 8. The van der Waals surface area contributed by atoms with Gasteiger partial charge in [-0.2, -0.15) is 0 Å². The van der Waals surface area contributed by atoms with Gasteiger partial charge in [-0.05, 0) is 40.2 Å². The van der Waals surface area contributed by atoms with Crippen molar-refractivity contribution in [3.8, 4) is 16.4 Å². The number of amides is 1. The third kappa shape index (κ3) is 5.03. The molecule has 4 aromatic rings. The lowest BCUT2D eigenvalue weighted by molar-refractivity contribution is 0.0946. The monoisotopic (exact) mass is 518 g/mol. The third-order valence-corrected chi connectivity index (χ3v) is 6.63. The van der Waals surface area contributed by atoms with E-state index in [1.165, 1.54) is 28.2 Å². The van der Waals surface area contributed by atoms with Crippen LogP contribution in [0.2, 0.25) is 0 Å². The second-order valence-electron chi connectivity index (χ2n) is 6.49. The van der Waals surface area contributed by atoms with E-state index in [0.717, 1.165) is 11.8 Å². The minimum Gasteiger partial charge on any atom is -0.345 e. The molecule has 31 heavy (non-hydrogen) atoms. The molecule has 0 radical (unpaired) electrons. The quantitative estimate of drug-likeness (QED) is 0.389. The Balaban J connectivity index is 1.41. The second-order valence-corrected chi connectivity index (χ2v) is 10.2. The van der Waals surface area contributed by atoms with E-state index in [9.17, 15) is 13.2 Å². The predicted octanol–water partition coefficient (Wildman–Crippen LogP) is 2.88. The number of pyridine rings is 1. The van der Waals surface area contributed by atoms with Gasteiger partial charge in [0.2, 0.25) is 0 Å². The van der Waals surface area contributed by atoms with Crippen LogP contribution in [-0.4, -0.2) is 45.5 Å². The first-order valence-electron chi connectivity index (χ1n) is 8.88. The van der Waals surface area contributed by atoms with Gasteiger partial charge in [-0.3, -0.25) is 4.79 Å². The zero-order valence-electron chi connectivity index (χ0n) is 16.1. The van der Waals surface area contributed by atoms with Crippen LogP contribution in [0, 0.1) is 0 Å². The van der Waals surface area contributed by atoms with Gasteiger partial charge < -0.3 is 5.32 Å². The molecule has 0 saturated carbocycles. The van der Waals surface area contributed by atoms with E-state index >= 15 is 0 Å². The van der Waals surface area contributed by atoms with Crippen molar-refractivity contribution in [3.63, 3.8) is 0 Å². The number of nitrogens with zero attached hydrogens (tertiary/aromatic N) is 5. The van der Waals surface area contributed by atoms with Crippen molar-refractivity contribution in [2.45, 2.75) is 11.4 Å². The minimum absolute atomic E-state index is 0.183. The first kappa shape index (κ1) is 21.3. The molecule has 158 valence electrons. The fraction of sp³-hybridized carbons (Fsp3) is 0.105. The molecule has 3 aromatic heterocycles. The summed E-state index contributed by atoms with van der Waals surface area (Å²) in [6.45, 7) is 0.183. The van der Waals surface area contributed by atoms with E-state index < -0.39 is 9.84 Å². The molecule has 0 atom stereocenters. The molecule has 3 heterocycles. The maximum Gasteiger partial charge on any atom is 0.271 e. The number of rotatable bonds is 6. The highest BCUT2D eigenvalue weighted by molar-refractivity contribution is 9.10. The topological polar surface area (TPSA) is 120 Å². The molecule has 4 rings (SSSR count). The number of aromatic nitrogens is 5. The largest absolute Gasteiger partial charge is 0.345 e. The second kappa shape index (κ2) is 8.65. The molecular weight excluding hydrogens is 504 g/mol. The normalized spacial score (nSPS) is 11.4. The highest BCUT2D eigenvalue weighted by Gasteiger charge is 2.14. The molecule has 0 fully saturated rings. The number of halogens is 1. The van der Waals surface area contributed by atoms with Crippen LogP contribution < -0.4 is 5.32 Å². The number of sulfone groups is 1. The standard InChI is InChI=1S/C19H15BrN6O3S2/c1-31(28,29)14-7-5-12(6-8-14)19-22-15(11-30-19)18(27)21-9-13-10-26(25-24-13)17-4-2-3-16(20)23-17/h2-8,10-11H,9H2,1H3,(H,21,27). The van der Waals surface area contributed by atoms with Crippen LogP contribution >= 0.6 is 27.3 Å². The summed E-state index contributed by atoms with van der Waals surface area (Å²) in [6, 6.07) is 11.8. The van der Waals surface area contributed by atoms with Crippen molar-refractivity contribution >= 4 is 43.0 Å². The summed E-state index contributed by atoms with van der Waals surface area (Å²) >= 11 is 4.61. The van der Waals surface area contributed by atoms with E-state index in [-0.39, 0.29) is 23.0 Å². The molecule has 1 amide bonds. The lowest BCUT2D eigenvalue weighted by Crippen LogP contribution is -2.23. The molecule has 0 unspecified atom stereocenters. The van der Waals surface area contributed by atoms with Crippen molar-refractivity contribution in [3.05, 3.63) is 70.0 Å². The van der Waals surface area contributed by atoms with Crippen LogP contribution in [0.4, 0.5) is 0 Å². The van der Waals surface area contributed by atoms with Gasteiger partial charge >= 0.3 is 0 Å². The van der Waals surface area contributed by atoms with Gasteiger partial charge in [-0.25, -0.2) is 23.1 Å². The molecule has 0 spiro atoms. The molecule has 0 saturated heterocycles. The summed E-state index contributed by atoms with van der Waals surface area (Å²) in [4.78, 5) is 21.3. The summed E-state index contributed by atoms with van der Waals surface area (Å²) in [5.41, 5.74) is 1.58. The maximum absolute atomic E-state index is 12.4. The van der Waals surface area contributed by atoms with Crippen molar-refractivity contribution in [1.82, 2.24) is 30.3 Å². The Morgan fingerprint density at radius 1 is 1.16 bits per heavy atom. The van der Waals surface area contributed by atoms with Crippen LogP contribution in [0.25, 0.3) is 16.4 Å². The lowest BCUT2D eigenvalue weighted by atomic mass is 10.2. The number of thiazole rings is 1. The molecule has 0 bridgehead atoms. The SMILES string of the molecule is CS(=O)(=O)c1ccc(-c2nc(C(=O)NCc3cn(-c4cccc(Br)n4)nn3)cs2)cc1. The van der Waals surface area contributed by atoms with E-state index in [1.54, 1.807) is 29.8 Å². The van der Waals surface area contributed by atoms with Gasteiger partial charge in [0.1, 0.15) is 21.0 Å². The zero-order chi connectivity index (χ0) is 22.0. The molecule has 12 heteroatoms. The Hall–Kier alpha value is -2.96. The average molecular weight is 519 g/mol. The summed E-state index contributed by atoms with van der Waals surface area (Å²) in [5.74, 6) is 0.260. The molecule has 0 aliphatic carbocycles. The number of nitrogens with one attached hydrogen (secondary N) is 1. The van der Waals surface area contributed by atoms with Gasteiger partial charge in [0.15, 0.2) is 15.7 Å².